The number of nitrogens with zero attached hydrogens (tertiary/aromatic N) is 4. The van der Waals surface area contributed by atoms with Gasteiger partial charge in [0, 0.05) is 41.7 Å². The topological polar surface area (TPSA) is 58.4 Å². The normalized spacial score (nSPS) is 16.0. The molecule has 1 unspecified atom stereocenters. The van der Waals surface area contributed by atoms with Gasteiger partial charge in [-0.1, -0.05) is 45.7 Å². The lowest BCUT2D eigenvalue weighted by Crippen LogP contribution is -2.50. The standard InChI is InChI=1S/C22H22BrClN4O2/c1-15(17-4-2-3-5-19(17)24)26-8-10-27(11-9-26)21(29)13-28-14-25-20-7-6-16(23)12-18(20)22(28)30/h2-7,12,14-15H,8-11,13H2,1H3. The van der Waals surface area contributed by atoms with Gasteiger partial charge in [-0.05, 0) is 36.8 Å². The van der Waals surface area contributed by atoms with E-state index >= 15 is 0 Å². The van der Waals surface area contributed by atoms with Gasteiger partial charge in [0.05, 0.1) is 17.2 Å². The van der Waals surface area contributed by atoms with Crippen molar-refractivity contribution in [2.75, 3.05) is 26.2 Å². The second kappa shape index (κ2) is 8.88. The molecule has 4 rings (SSSR count). The summed E-state index contributed by atoms with van der Waals surface area (Å²) < 4.78 is 2.19. The minimum Gasteiger partial charge on any atom is -0.339 e. The molecule has 1 aliphatic rings. The fraction of sp³-hybridized carbons (Fsp3) is 0.318. The van der Waals surface area contributed by atoms with E-state index in [-0.39, 0.29) is 24.1 Å². The van der Waals surface area contributed by atoms with Crippen LogP contribution >= 0.6 is 27.5 Å². The van der Waals surface area contributed by atoms with Gasteiger partial charge in [-0.15, -0.1) is 0 Å². The first-order valence-electron chi connectivity index (χ1n) is 9.85. The van der Waals surface area contributed by atoms with Gasteiger partial charge in [0.25, 0.3) is 5.56 Å². The van der Waals surface area contributed by atoms with E-state index in [1.807, 2.05) is 35.2 Å². The number of carbonyl (C=O) groups is 1. The summed E-state index contributed by atoms with van der Waals surface area (Å²) in [6.45, 7) is 4.89. The summed E-state index contributed by atoms with van der Waals surface area (Å²) in [5, 5.41) is 1.26. The predicted octanol–water partition coefficient (Wildman–Crippen LogP) is 3.72. The van der Waals surface area contributed by atoms with Gasteiger partial charge >= 0.3 is 0 Å². The highest BCUT2D eigenvalue weighted by atomic mass is 79.9. The van der Waals surface area contributed by atoms with Gasteiger partial charge in [-0.3, -0.25) is 19.1 Å². The molecule has 1 aromatic heterocycles. The van der Waals surface area contributed by atoms with Crippen LogP contribution in [0.15, 0.2) is 58.1 Å². The summed E-state index contributed by atoms with van der Waals surface area (Å²) in [4.78, 5) is 34.0. The fourth-order valence-corrected chi connectivity index (χ4v) is 4.51. The Hall–Kier alpha value is -2.22. The Morgan fingerprint density at radius 2 is 1.90 bits per heavy atom. The molecule has 1 aliphatic heterocycles. The quantitative estimate of drug-likeness (QED) is 0.560. The van der Waals surface area contributed by atoms with E-state index in [1.165, 1.54) is 10.9 Å². The first-order chi connectivity index (χ1) is 14.4. The van der Waals surface area contributed by atoms with Gasteiger partial charge in [-0.2, -0.15) is 0 Å². The number of amides is 1. The molecule has 1 fully saturated rings. The lowest BCUT2D eigenvalue weighted by atomic mass is 10.1. The third kappa shape index (κ3) is 4.29. The third-order valence-corrected chi connectivity index (χ3v) is 6.50. The maximum atomic E-state index is 12.8. The SMILES string of the molecule is CC(c1ccccc1Cl)N1CCN(C(=O)Cn2cnc3ccc(Br)cc3c2=O)CC1. The number of carbonyl (C=O) groups excluding carboxylic acids is 1. The van der Waals surface area contributed by atoms with Crippen LogP contribution in [-0.2, 0) is 11.3 Å². The highest BCUT2D eigenvalue weighted by Gasteiger charge is 2.26. The molecular weight excluding hydrogens is 468 g/mol. The summed E-state index contributed by atoms with van der Waals surface area (Å²) in [6, 6.07) is 13.4. The zero-order valence-corrected chi connectivity index (χ0v) is 18.9. The van der Waals surface area contributed by atoms with Crippen molar-refractivity contribution in [1.29, 1.82) is 0 Å². The molecule has 1 saturated heterocycles. The lowest BCUT2D eigenvalue weighted by molar-refractivity contribution is -0.134. The number of hydrogen-bond donors (Lipinski definition) is 0. The van der Waals surface area contributed by atoms with Crippen LogP contribution in [0.2, 0.25) is 5.02 Å². The fourth-order valence-electron chi connectivity index (χ4n) is 3.86. The summed E-state index contributed by atoms with van der Waals surface area (Å²) in [5.41, 5.74) is 1.51. The zero-order valence-electron chi connectivity index (χ0n) is 16.6. The van der Waals surface area contributed by atoms with Crippen molar-refractivity contribution in [3.8, 4) is 0 Å². The minimum atomic E-state index is -0.208. The Labute approximate surface area is 188 Å². The first-order valence-corrected chi connectivity index (χ1v) is 11.0. The van der Waals surface area contributed by atoms with Crippen LogP contribution in [0.3, 0.4) is 0 Å². The molecule has 6 nitrogen and oxygen atoms in total. The maximum Gasteiger partial charge on any atom is 0.261 e. The van der Waals surface area contributed by atoms with Crippen molar-refractivity contribution in [2.24, 2.45) is 0 Å². The maximum absolute atomic E-state index is 12.8. The Kier molecular flexibility index (Phi) is 6.22. The van der Waals surface area contributed by atoms with Crippen LogP contribution in [0.1, 0.15) is 18.5 Å². The van der Waals surface area contributed by atoms with Crippen LogP contribution < -0.4 is 5.56 Å². The predicted molar refractivity (Wildman–Crippen MR) is 122 cm³/mol. The molecule has 0 bridgehead atoms. The lowest BCUT2D eigenvalue weighted by Gasteiger charge is -2.38. The molecule has 1 atom stereocenters. The Balaban J connectivity index is 1.41. The Morgan fingerprint density at radius 3 is 2.63 bits per heavy atom. The molecule has 2 aromatic carbocycles. The first kappa shape index (κ1) is 21.0. The number of hydrogen-bond acceptors (Lipinski definition) is 4. The molecule has 0 aliphatic carbocycles. The average Bonchev–Trinajstić information content (AvgIpc) is 2.76. The van der Waals surface area contributed by atoms with E-state index in [0.717, 1.165) is 28.1 Å². The van der Waals surface area contributed by atoms with Crippen LogP contribution in [-0.4, -0.2) is 51.4 Å². The minimum absolute atomic E-state index is 0.00560. The van der Waals surface area contributed by atoms with Crippen LogP contribution in [0.4, 0.5) is 0 Å². The van der Waals surface area contributed by atoms with Gasteiger partial charge in [0.1, 0.15) is 6.54 Å². The van der Waals surface area contributed by atoms with Crippen molar-refractivity contribution in [1.82, 2.24) is 19.4 Å². The highest BCUT2D eigenvalue weighted by Crippen LogP contribution is 2.27. The van der Waals surface area contributed by atoms with Gasteiger partial charge < -0.3 is 4.90 Å². The van der Waals surface area contributed by atoms with Crippen molar-refractivity contribution >= 4 is 44.3 Å². The van der Waals surface area contributed by atoms with Gasteiger partial charge in [0.2, 0.25) is 5.91 Å². The van der Waals surface area contributed by atoms with Crippen molar-refractivity contribution in [2.45, 2.75) is 19.5 Å². The molecule has 0 saturated carbocycles. The van der Waals surface area contributed by atoms with Gasteiger partial charge in [0.15, 0.2) is 0 Å². The molecule has 30 heavy (non-hydrogen) atoms. The van der Waals surface area contributed by atoms with E-state index in [1.54, 1.807) is 12.1 Å². The molecule has 0 N–H and O–H groups in total. The van der Waals surface area contributed by atoms with Crippen molar-refractivity contribution < 1.29 is 4.79 Å². The van der Waals surface area contributed by atoms with Crippen molar-refractivity contribution in [3.05, 3.63) is 74.2 Å². The summed E-state index contributed by atoms with van der Waals surface area (Å²) >= 11 is 9.72. The summed E-state index contributed by atoms with van der Waals surface area (Å²) in [6.07, 6.45) is 1.45. The monoisotopic (exact) mass is 488 g/mol. The number of rotatable bonds is 4. The zero-order chi connectivity index (χ0) is 21.3. The number of halogens is 2. The molecule has 3 aromatic rings. The Morgan fingerprint density at radius 1 is 1.17 bits per heavy atom. The number of piperazine rings is 1. The van der Waals surface area contributed by atoms with E-state index in [2.05, 4.69) is 32.7 Å². The smallest absolute Gasteiger partial charge is 0.261 e. The third-order valence-electron chi connectivity index (χ3n) is 5.66. The second-order valence-electron chi connectivity index (χ2n) is 7.45. The molecule has 0 radical (unpaired) electrons. The number of benzene rings is 2. The second-order valence-corrected chi connectivity index (χ2v) is 8.78. The molecule has 0 spiro atoms. The Bertz CT molecular complexity index is 1140. The van der Waals surface area contributed by atoms with E-state index < -0.39 is 0 Å². The molecule has 1 amide bonds. The van der Waals surface area contributed by atoms with Gasteiger partial charge in [-0.25, -0.2) is 4.98 Å². The van der Waals surface area contributed by atoms with E-state index in [0.29, 0.717) is 24.0 Å². The average molecular weight is 490 g/mol. The highest BCUT2D eigenvalue weighted by molar-refractivity contribution is 9.10. The molecule has 8 heteroatoms. The van der Waals surface area contributed by atoms with E-state index in [4.69, 9.17) is 11.6 Å². The van der Waals surface area contributed by atoms with Crippen LogP contribution in [0.25, 0.3) is 10.9 Å². The number of fused-ring (bicyclic) bond motifs is 1. The molecule has 2 heterocycles. The van der Waals surface area contributed by atoms with Crippen LogP contribution in [0, 0.1) is 0 Å². The largest absolute Gasteiger partial charge is 0.339 e. The van der Waals surface area contributed by atoms with Crippen molar-refractivity contribution in [3.63, 3.8) is 0 Å². The summed E-state index contributed by atoms with van der Waals surface area (Å²) in [5.74, 6) is -0.0710. The molecule has 156 valence electrons. The number of aromatic nitrogens is 2. The molecular formula is C22H22BrClN4O2. The summed E-state index contributed by atoms with van der Waals surface area (Å²) in [7, 11) is 0. The van der Waals surface area contributed by atoms with Crippen LogP contribution in [0.5, 0.6) is 0 Å². The van der Waals surface area contributed by atoms with E-state index in [9.17, 15) is 9.59 Å².